The van der Waals surface area contributed by atoms with Gasteiger partial charge < -0.3 is 0 Å². The van der Waals surface area contributed by atoms with Gasteiger partial charge in [0.15, 0.2) is 0 Å². The van der Waals surface area contributed by atoms with Gasteiger partial charge in [-0.15, -0.1) is 0 Å². The van der Waals surface area contributed by atoms with Crippen molar-refractivity contribution in [3.63, 3.8) is 0 Å². The van der Waals surface area contributed by atoms with E-state index in [1.165, 1.54) is 12.1 Å². The van der Waals surface area contributed by atoms with Gasteiger partial charge in [-0.1, -0.05) is 6.58 Å². The van der Waals surface area contributed by atoms with E-state index in [2.05, 4.69) is 17.1 Å². The highest BCUT2D eigenvalue weighted by Gasteiger charge is 2.19. The first-order valence-corrected chi connectivity index (χ1v) is 6.42. The highest BCUT2D eigenvalue weighted by atomic mass is 16.6. The summed E-state index contributed by atoms with van der Waals surface area (Å²) in [5.74, 6) is 0. The molecule has 1 N–H and O–H groups in total. The number of hydrazone groups is 1. The monoisotopic (exact) mass is 290 g/mol. The average Bonchev–Trinajstić information content (AvgIpc) is 2.46. The standard InChI is InChI=1S/C13H14N4O4/c1-9-4-2-3-5-11(9)14-15-12-7-6-10(16(18)19)8-13(12)17(20)21/h6-8,15H,1-5H2. The van der Waals surface area contributed by atoms with Crippen molar-refractivity contribution >= 4 is 22.8 Å². The Morgan fingerprint density at radius 2 is 1.86 bits per heavy atom. The number of nitro benzene ring substituents is 2. The van der Waals surface area contributed by atoms with Gasteiger partial charge in [0.1, 0.15) is 5.69 Å². The quantitative estimate of drug-likeness (QED) is 0.674. The Labute approximate surface area is 120 Å². The number of allylic oxidation sites excluding steroid dienone is 1. The first-order chi connectivity index (χ1) is 9.99. The van der Waals surface area contributed by atoms with Gasteiger partial charge in [0.25, 0.3) is 5.69 Å². The molecule has 0 aliphatic heterocycles. The van der Waals surface area contributed by atoms with Crippen molar-refractivity contribution in [3.8, 4) is 0 Å². The van der Waals surface area contributed by atoms with Gasteiger partial charge in [-0.2, -0.15) is 5.10 Å². The molecule has 2 rings (SSSR count). The highest BCUT2D eigenvalue weighted by molar-refractivity contribution is 6.00. The zero-order chi connectivity index (χ0) is 15.4. The van der Waals surface area contributed by atoms with Crippen LogP contribution < -0.4 is 5.43 Å². The Bertz CT molecular complexity index is 639. The van der Waals surface area contributed by atoms with Gasteiger partial charge in [0, 0.05) is 6.07 Å². The molecule has 1 fully saturated rings. The van der Waals surface area contributed by atoms with E-state index in [-0.39, 0.29) is 17.1 Å². The molecule has 0 unspecified atom stereocenters. The van der Waals surface area contributed by atoms with Gasteiger partial charge >= 0.3 is 5.69 Å². The lowest BCUT2D eigenvalue weighted by Gasteiger charge is -2.15. The molecule has 110 valence electrons. The van der Waals surface area contributed by atoms with Gasteiger partial charge in [-0.25, -0.2) is 0 Å². The summed E-state index contributed by atoms with van der Waals surface area (Å²) in [6, 6.07) is 3.40. The van der Waals surface area contributed by atoms with Crippen molar-refractivity contribution in [2.45, 2.75) is 25.7 Å². The molecule has 0 bridgehead atoms. The second-order valence-electron chi connectivity index (χ2n) is 4.70. The maximum Gasteiger partial charge on any atom is 0.301 e. The summed E-state index contributed by atoms with van der Waals surface area (Å²) in [5, 5.41) is 25.8. The molecular weight excluding hydrogens is 276 g/mol. The fraction of sp³-hybridized carbons (Fsp3) is 0.308. The summed E-state index contributed by atoms with van der Waals surface area (Å²) in [5.41, 5.74) is 3.74. The van der Waals surface area contributed by atoms with E-state index in [9.17, 15) is 20.2 Å². The molecule has 21 heavy (non-hydrogen) atoms. The van der Waals surface area contributed by atoms with Crippen LogP contribution in [0.5, 0.6) is 0 Å². The van der Waals surface area contributed by atoms with Gasteiger partial charge in [0.2, 0.25) is 0 Å². The van der Waals surface area contributed by atoms with Crippen molar-refractivity contribution < 1.29 is 9.85 Å². The zero-order valence-electron chi connectivity index (χ0n) is 11.2. The molecular formula is C13H14N4O4. The Morgan fingerprint density at radius 3 is 2.48 bits per heavy atom. The first kappa shape index (κ1) is 14.6. The highest BCUT2D eigenvalue weighted by Crippen LogP contribution is 2.29. The third kappa shape index (κ3) is 3.41. The lowest BCUT2D eigenvalue weighted by molar-refractivity contribution is -0.393. The Balaban J connectivity index is 2.27. The van der Waals surface area contributed by atoms with Crippen LogP contribution in [0, 0.1) is 20.2 Å². The van der Waals surface area contributed by atoms with Crippen molar-refractivity contribution in [2.24, 2.45) is 5.10 Å². The minimum atomic E-state index is -0.675. The molecule has 0 saturated heterocycles. The molecule has 1 aromatic carbocycles. The molecule has 0 heterocycles. The third-order valence-electron chi connectivity index (χ3n) is 3.25. The average molecular weight is 290 g/mol. The predicted octanol–water partition coefficient (Wildman–Crippen LogP) is 3.40. The van der Waals surface area contributed by atoms with E-state index in [1.807, 2.05) is 0 Å². The molecule has 0 atom stereocenters. The number of nitrogens with one attached hydrogen (secondary N) is 1. The minimum Gasteiger partial charge on any atom is -0.271 e. The smallest absolute Gasteiger partial charge is 0.271 e. The molecule has 0 aromatic heterocycles. The third-order valence-corrected chi connectivity index (χ3v) is 3.25. The van der Waals surface area contributed by atoms with Crippen LogP contribution in [-0.4, -0.2) is 15.6 Å². The topological polar surface area (TPSA) is 111 Å². The molecule has 1 aliphatic carbocycles. The van der Waals surface area contributed by atoms with Gasteiger partial charge in [-0.3, -0.25) is 25.7 Å². The number of nitrogens with zero attached hydrogens (tertiary/aromatic N) is 3. The zero-order valence-corrected chi connectivity index (χ0v) is 11.2. The van der Waals surface area contributed by atoms with Crippen LogP contribution in [0.3, 0.4) is 0 Å². The molecule has 0 spiro atoms. The summed E-state index contributed by atoms with van der Waals surface area (Å²) >= 11 is 0. The largest absolute Gasteiger partial charge is 0.301 e. The molecule has 1 aromatic rings. The summed E-state index contributed by atoms with van der Waals surface area (Å²) in [4.78, 5) is 20.3. The van der Waals surface area contributed by atoms with Crippen LogP contribution in [-0.2, 0) is 0 Å². The van der Waals surface area contributed by atoms with E-state index in [0.29, 0.717) is 0 Å². The molecule has 1 aliphatic rings. The first-order valence-electron chi connectivity index (χ1n) is 6.42. The maximum absolute atomic E-state index is 11.0. The van der Waals surface area contributed by atoms with Crippen LogP contribution in [0.4, 0.5) is 17.1 Å². The SMILES string of the molecule is C=C1CCCCC1=NNc1ccc([N+](=O)[O-])cc1[N+](=O)[O-]. The fourth-order valence-electron chi connectivity index (χ4n) is 2.09. The number of hydrogen-bond donors (Lipinski definition) is 1. The lowest BCUT2D eigenvalue weighted by Crippen LogP contribution is -2.10. The van der Waals surface area contributed by atoms with Crippen molar-refractivity contribution in [1.29, 1.82) is 0 Å². The maximum atomic E-state index is 11.0. The van der Waals surface area contributed by atoms with E-state index >= 15 is 0 Å². The van der Waals surface area contributed by atoms with Crippen molar-refractivity contribution in [1.82, 2.24) is 0 Å². The van der Waals surface area contributed by atoms with Crippen molar-refractivity contribution in [2.75, 3.05) is 5.43 Å². The second kappa shape index (κ2) is 6.12. The number of benzene rings is 1. The van der Waals surface area contributed by atoms with Gasteiger partial charge in [-0.05, 0) is 37.3 Å². The van der Waals surface area contributed by atoms with E-state index in [4.69, 9.17) is 0 Å². The summed E-state index contributed by atoms with van der Waals surface area (Å²) < 4.78 is 0. The lowest BCUT2D eigenvalue weighted by atomic mass is 9.94. The van der Waals surface area contributed by atoms with Crippen LogP contribution >= 0.6 is 0 Å². The molecule has 8 heteroatoms. The van der Waals surface area contributed by atoms with Crippen molar-refractivity contribution in [3.05, 3.63) is 50.6 Å². The minimum absolute atomic E-state index is 0.122. The molecule has 1 saturated carbocycles. The van der Waals surface area contributed by atoms with Gasteiger partial charge in [0.05, 0.1) is 21.6 Å². The van der Waals surface area contributed by atoms with E-state index in [0.717, 1.165) is 43.0 Å². The number of hydrogen-bond acceptors (Lipinski definition) is 6. The van der Waals surface area contributed by atoms with Crippen LogP contribution in [0.15, 0.2) is 35.5 Å². The number of nitro groups is 2. The van der Waals surface area contributed by atoms with Crippen LogP contribution in [0.2, 0.25) is 0 Å². The predicted molar refractivity (Wildman–Crippen MR) is 78.4 cm³/mol. The summed E-state index contributed by atoms with van der Waals surface area (Å²) in [7, 11) is 0. The summed E-state index contributed by atoms with van der Waals surface area (Å²) in [6.45, 7) is 3.91. The summed E-state index contributed by atoms with van der Waals surface area (Å²) in [6.07, 6.45) is 3.70. The number of non-ortho nitro benzene ring substituents is 1. The number of rotatable bonds is 4. The van der Waals surface area contributed by atoms with Crippen LogP contribution in [0.25, 0.3) is 0 Å². The Hall–Kier alpha value is -2.77. The van der Waals surface area contributed by atoms with Crippen LogP contribution in [0.1, 0.15) is 25.7 Å². The molecule has 8 nitrogen and oxygen atoms in total. The number of anilines is 1. The Kier molecular flexibility index (Phi) is 4.27. The second-order valence-corrected chi connectivity index (χ2v) is 4.70. The molecule has 0 radical (unpaired) electrons. The fourth-order valence-corrected chi connectivity index (χ4v) is 2.09. The normalized spacial score (nSPS) is 16.8. The van der Waals surface area contributed by atoms with E-state index < -0.39 is 9.85 Å². The molecule has 0 amide bonds. The Morgan fingerprint density at radius 1 is 1.14 bits per heavy atom. The van der Waals surface area contributed by atoms with E-state index in [1.54, 1.807) is 0 Å².